The monoisotopic (exact) mass is 497 g/mol. The molecule has 5 rings (SSSR count). The van der Waals surface area contributed by atoms with Crippen LogP contribution >= 0.6 is 11.8 Å². The highest BCUT2D eigenvalue weighted by Gasteiger charge is 2.35. The van der Waals surface area contributed by atoms with E-state index in [4.69, 9.17) is 13.6 Å². The van der Waals surface area contributed by atoms with E-state index >= 15 is 0 Å². The predicted molar refractivity (Wildman–Crippen MR) is 127 cm³/mol. The van der Waals surface area contributed by atoms with Gasteiger partial charge in [-0.15, -0.1) is 10.2 Å². The first kappa shape index (κ1) is 23.3. The van der Waals surface area contributed by atoms with Crippen molar-refractivity contribution in [1.29, 1.82) is 0 Å². The second kappa shape index (κ2) is 10.4. The van der Waals surface area contributed by atoms with Crippen LogP contribution in [-0.4, -0.2) is 39.1 Å². The zero-order chi connectivity index (χ0) is 24.2. The Morgan fingerprint density at radius 2 is 1.97 bits per heavy atom. The Bertz CT molecular complexity index is 1200. The lowest BCUT2D eigenvalue weighted by atomic mass is 9.95. The summed E-state index contributed by atoms with van der Waals surface area (Å²) in [5.74, 6) is 1.58. The van der Waals surface area contributed by atoms with E-state index in [1.165, 1.54) is 24.4 Å². The number of carbonyl (C=O) groups is 2. The van der Waals surface area contributed by atoms with Crippen molar-refractivity contribution in [3.8, 4) is 11.6 Å². The summed E-state index contributed by atoms with van der Waals surface area (Å²) in [6.07, 6.45) is 8.72. The van der Waals surface area contributed by atoms with Crippen LogP contribution in [0.15, 0.2) is 62.1 Å². The minimum atomic E-state index is -0.747. The van der Waals surface area contributed by atoms with Crippen molar-refractivity contribution in [3.63, 3.8) is 0 Å². The summed E-state index contributed by atoms with van der Waals surface area (Å²) in [6, 6.07) is 6.23. The zero-order valence-corrected chi connectivity index (χ0v) is 20.2. The molecular formula is C24H27N5O5S. The molecule has 2 aliphatic rings. The van der Waals surface area contributed by atoms with Crippen LogP contribution in [0, 0.1) is 0 Å². The van der Waals surface area contributed by atoms with Crippen molar-refractivity contribution in [2.75, 3.05) is 12.4 Å². The highest BCUT2D eigenvalue weighted by atomic mass is 32.2. The maximum absolute atomic E-state index is 12.9. The fraction of sp³-hybridized carbons (Fsp3) is 0.417. The van der Waals surface area contributed by atoms with E-state index in [-0.39, 0.29) is 12.6 Å². The Balaban J connectivity index is 1.48. The Labute approximate surface area is 206 Å². The molecular weight excluding hydrogens is 470 g/mol. The summed E-state index contributed by atoms with van der Waals surface area (Å²) in [4.78, 5) is 25.4. The molecule has 2 N–H and O–H groups in total. The van der Waals surface area contributed by atoms with Crippen molar-refractivity contribution in [2.45, 2.75) is 56.3 Å². The number of furan rings is 2. The van der Waals surface area contributed by atoms with Gasteiger partial charge in [-0.2, -0.15) is 0 Å². The topological polar surface area (TPSA) is 124 Å². The Morgan fingerprint density at radius 1 is 1.17 bits per heavy atom. The van der Waals surface area contributed by atoms with Crippen molar-refractivity contribution >= 4 is 23.8 Å². The number of thioether (sulfide) groups is 1. The van der Waals surface area contributed by atoms with Gasteiger partial charge in [0.05, 0.1) is 24.7 Å². The average molecular weight is 498 g/mol. The molecule has 3 aromatic rings. The number of hydrogen-bond donors (Lipinski definition) is 2. The lowest BCUT2D eigenvalue weighted by molar-refractivity contribution is -0.139. The van der Waals surface area contributed by atoms with E-state index in [0.29, 0.717) is 39.5 Å². The number of nitrogens with zero attached hydrogens (tertiary/aromatic N) is 3. The molecule has 0 radical (unpaired) electrons. The zero-order valence-electron chi connectivity index (χ0n) is 19.4. The maximum atomic E-state index is 12.9. The Kier molecular flexibility index (Phi) is 6.94. The summed E-state index contributed by atoms with van der Waals surface area (Å²) in [6.45, 7) is 1.95. The van der Waals surface area contributed by atoms with Gasteiger partial charge in [0.2, 0.25) is 5.82 Å². The molecule has 2 amide bonds. The van der Waals surface area contributed by atoms with Crippen LogP contribution in [-0.2, 0) is 9.53 Å². The maximum Gasteiger partial charge on any atom is 0.338 e. The van der Waals surface area contributed by atoms with Crippen LogP contribution in [0.5, 0.6) is 0 Å². The largest absolute Gasteiger partial charge is 0.467 e. The third-order valence-electron chi connectivity index (χ3n) is 6.17. The van der Waals surface area contributed by atoms with Crippen LogP contribution in [0.2, 0.25) is 0 Å². The second-order valence-corrected chi connectivity index (χ2v) is 9.34. The first-order chi connectivity index (χ1) is 17.2. The number of urea groups is 1. The number of nitrogens with one attached hydrogen (secondary N) is 2. The van der Waals surface area contributed by atoms with Crippen LogP contribution in [0.4, 0.5) is 4.79 Å². The van der Waals surface area contributed by atoms with Gasteiger partial charge in [-0.05, 0) is 44.0 Å². The van der Waals surface area contributed by atoms with E-state index in [1.807, 2.05) is 12.1 Å². The third-order valence-corrected chi connectivity index (χ3v) is 7.14. The first-order valence-corrected chi connectivity index (χ1v) is 12.8. The number of carbonyl (C=O) groups excluding carboxylic acids is 2. The number of esters is 1. The summed E-state index contributed by atoms with van der Waals surface area (Å²) in [5, 5.41) is 15.1. The number of aromatic nitrogens is 3. The van der Waals surface area contributed by atoms with Crippen molar-refractivity contribution in [3.05, 3.63) is 53.8 Å². The summed E-state index contributed by atoms with van der Waals surface area (Å²) < 4.78 is 18.6. The fourth-order valence-electron chi connectivity index (χ4n) is 4.60. The summed E-state index contributed by atoms with van der Waals surface area (Å²) >= 11 is 1.41. The van der Waals surface area contributed by atoms with E-state index in [2.05, 4.69) is 25.4 Å². The average Bonchev–Trinajstić information content (AvgIpc) is 3.64. The molecule has 0 bridgehead atoms. The number of hydrogen-bond acceptors (Lipinski definition) is 8. The van der Waals surface area contributed by atoms with Crippen LogP contribution < -0.4 is 10.6 Å². The minimum Gasteiger partial charge on any atom is -0.467 e. The second-order valence-electron chi connectivity index (χ2n) is 8.39. The number of amides is 2. The van der Waals surface area contributed by atoms with E-state index < -0.39 is 18.0 Å². The molecule has 1 aliphatic carbocycles. The molecule has 4 heterocycles. The highest BCUT2D eigenvalue weighted by Crippen LogP contribution is 2.37. The van der Waals surface area contributed by atoms with Gasteiger partial charge in [-0.25, -0.2) is 9.59 Å². The van der Waals surface area contributed by atoms with E-state index in [0.717, 1.165) is 25.7 Å². The van der Waals surface area contributed by atoms with E-state index in [9.17, 15) is 9.59 Å². The normalized spacial score (nSPS) is 18.9. The van der Waals surface area contributed by atoms with Gasteiger partial charge in [0.25, 0.3) is 0 Å². The smallest absolute Gasteiger partial charge is 0.338 e. The van der Waals surface area contributed by atoms with Crippen LogP contribution in [0.3, 0.4) is 0 Å². The molecule has 1 saturated carbocycles. The van der Waals surface area contributed by atoms with Crippen LogP contribution in [0.25, 0.3) is 11.6 Å². The molecule has 0 spiro atoms. The highest BCUT2D eigenvalue weighted by molar-refractivity contribution is 7.99. The minimum absolute atomic E-state index is 0.212. The van der Waals surface area contributed by atoms with Gasteiger partial charge in [-0.3, -0.25) is 4.57 Å². The molecule has 1 atom stereocenters. The predicted octanol–water partition coefficient (Wildman–Crippen LogP) is 4.60. The lowest BCUT2D eigenvalue weighted by Gasteiger charge is -2.28. The first-order valence-electron chi connectivity index (χ1n) is 11.8. The number of ether oxygens (including phenoxy) is 1. The van der Waals surface area contributed by atoms with Gasteiger partial charge < -0.3 is 24.2 Å². The molecule has 3 aromatic heterocycles. The Morgan fingerprint density at radius 3 is 2.69 bits per heavy atom. The molecule has 1 unspecified atom stereocenters. The fourth-order valence-corrected chi connectivity index (χ4v) is 5.58. The van der Waals surface area contributed by atoms with Crippen LogP contribution in [0.1, 0.15) is 56.9 Å². The van der Waals surface area contributed by atoms with Crippen molar-refractivity contribution in [1.82, 2.24) is 25.4 Å². The molecule has 35 heavy (non-hydrogen) atoms. The lowest BCUT2D eigenvalue weighted by Crippen LogP contribution is -2.46. The molecule has 184 valence electrons. The van der Waals surface area contributed by atoms with Gasteiger partial charge in [0.15, 0.2) is 10.9 Å². The van der Waals surface area contributed by atoms with Crippen molar-refractivity contribution in [2.24, 2.45) is 0 Å². The van der Waals surface area contributed by atoms with Gasteiger partial charge >= 0.3 is 12.0 Å². The molecule has 0 aromatic carbocycles. The van der Waals surface area contributed by atoms with Gasteiger partial charge in [-0.1, -0.05) is 31.0 Å². The quantitative estimate of drug-likeness (QED) is 0.342. The standard InChI is InChI=1S/C24H27N5O5S/c1-2-32-22(30)19-16(25-23(31)26-20(19)17-10-6-12-33-17)14-35-24-28-27-21(18-11-7-13-34-18)29(24)15-8-4-3-5-9-15/h6-7,10-13,15,20H,2-5,8-9,14H2,1H3,(H2,25,26,31). The summed E-state index contributed by atoms with van der Waals surface area (Å²) in [7, 11) is 0. The molecule has 11 heteroatoms. The molecule has 0 saturated heterocycles. The SMILES string of the molecule is CCOC(=O)C1=C(CSc2nnc(-c3ccco3)n2C2CCCCC2)NC(=O)NC1c1ccco1. The molecule has 10 nitrogen and oxygen atoms in total. The molecule has 1 aliphatic heterocycles. The van der Waals surface area contributed by atoms with Gasteiger partial charge in [0.1, 0.15) is 11.8 Å². The Hall–Kier alpha value is -3.47. The number of rotatable bonds is 8. The van der Waals surface area contributed by atoms with Gasteiger partial charge in [0, 0.05) is 17.5 Å². The van der Waals surface area contributed by atoms with E-state index in [1.54, 1.807) is 25.3 Å². The van der Waals surface area contributed by atoms with Crippen molar-refractivity contribution < 1.29 is 23.2 Å². The molecule has 1 fully saturated rings. The summed E-state index contributed by atoms with van der Waals surface area (Å²) in [5.41, 5.74) is 0.764. The third kappa shape index (κ3) is 4.86.